The van der Waals surface area contributed by atoms with Crippen molar-refractivity contribution in [2.24, 2.45) is 0 Å². The predicted octanol–water partition coefficient (Wildman–Crippen LogP) is 5.89. The summed E-state index contributed by atoms with van der Waals surface area (Å²) in [6.07, 6.45) is -0.0367. The second-order valence-electron chi connectivity index (χ2n) is 6.73. The molecule has 0 aromatic heterocycles. The summed E-state index contributed by atoms with van der Waals surface area (Å²) in [5.74, 6) is -2.79. The highest BCUT2D eigenvalue weighted by Crippen LogP contribution is 2.28. The first kappa shape index (κ1) is 20.7. The van der Waals surface area contributed by atoms with Crippen LogP contribution in [0.25, 0.3) is 11.1 Å². The van der Waals surface area contributed by atoms with Crippen LogP contribution in [0.2, 0.25) is 0 Å². The quantitative estimate of drug-likeness (QED) is 0.518. The normalized spacial score (nSPS) is 12.0. The van der Waals surface area contributed by atoms with Crippen LogP contribution in [0.1, 0.15) is 37.0 Å². The smallest absolute Gasteiger partial charge is 0.165 e. The van der Waals surface area contributed by atoms with Crippen molar-refractivity contribution >= 4 is 0 Å². The van der Waals surface area contributed by atoms with Gasteiger partial charge in [0.1, 0.15) is 12.4 Å². The molecular weight excluding hydrogens is 381 g/mol. The second kappa shape index (κ2) is 9.01. The molecule has 1 unspecified atom stereocenters. The fraction of sp³-hybridized carbons (Fsp3) is 0.217. The maximum Gasteiger partial charge on any atom is 0.165 e. The van der Waals surface area contributed by atoms with Crippen molar-refractivity contribution in [1.82, 2.24) is 0 Å². The van der Waals surface area contributed by atoms with E-state index in [4.69, 9.17) is 4.74 Å². The van der Waals surface area contributed by atoms with Gasteiger partial charge in [-0.3, -0.25) is 0 Å². The molecule has 0 saturated carbocycles. The molecule has 6 heteroatoms. The number of hydrogen-bond acceptors (Lipinski definition) is 3. The Morgan fingerprint density at radius 3 is 2.24 bits per heavy atom. The van der Waals surface area contributed by atoms with E-state index in [1.807, 2.05) is 6.92 Å². The molecule has 29 heavy (non-hydrogen) atoms. The molecule has 3 nitrogen and oxygen atoms in total. The van der Waals surface area contributed by atoms with Crippen LogP contribution in [-0.4, -0.2) is 10.2 Å². The van der Waals surface area contributed by atoms with Crippen molar-refractivity contribution in [1.29, 1.82) is 0 Å². The molecule has 3 aromatic rings. The maximum atomic E-state index is 14.3. The van der Waals surface area contributed by atoms with Gasteiger partial charge in [0.2, 0.25) is 0 Å². The van der Waals surface area contributed by atoms with Gasteiger partial charge in [0.05, 0.1) is 6.10 Å². The van der Waals surface area contributed by atoms with Gasteiger partial charge in [-0.05, 0) is 41.8 Å². The SMILES string of the molecule is CCCC(O)c1ccc(COc2ccc(-c3ccc(O)c(F)c3)cc2)c(F)c1F. The molecule has 152 valence electrons. The molecule has 0 bridgehead atoms. The zero-order valence-corrected chi connectivity index (χ0v) is 15.8. The number of hydrogen-bond donors (Lipinski definition) is 2. The van der Waals surface area contributed by atoms with E-state index in [2.05, 4.69) is 0 Å². The lowest BCUT2D eigenvalue weighted by molar-refractivity contribution is 0.160. The summed E-state index contributed by atoms with van der Waals surface area (Å²) in [7, 11) is 0. The Kier molecular flexibility index (Phi) is 6.44. The molecule has 0 fully saturated rings. The zero-order chi connectivity index (χ0) is 21.0. The second-order valence-corrected chi connectivity index (χ2v) is 6.73. The summed E-state index contributed by atoms with van der Waals surface area (Å²) in [5.41, 5.74) is 1.28. The highest BCUT2D eigenvalue weighted by Gasteiger charge is 2.18. The van der Waals surface area contributed by atoms with Crippen LogP contribution in [0.3, 0.4) is 0 Å². The number of aliphatic hydroxyl groups excluding tert-OH is 1. The van der Waals surface area contributed by atoms with E-state index in [9.17, 15) is 23.4 Å². The van der Waals surface area contributed by atoms with Crippen LogP contribution >= 0.6 is 0 Å². The minimum absolute atomic E-state index is 0.0413. The standard InChI is InChI=1S/C23H21F3O3/c1-2-3-20(27)18-10-6-16(22(25)23(18)26)13-29-17-8-4-14(5-9-17)15-7-11-21(28)19(24)12-15/h4-12,20,27-28H,2-3,13H2,1H3. The van der Waals surface area contributed by atoms with E-state index in [1.165, 1.54) is 24.3 Å². The molecule has 0 aliphatic rings. The summed E-state index contributed by atoms with van der Waals surface area (Å²) >= 11 is 0. The minimum atomic E-state index is -1.06. The highest BCUT2D eigenvalue weighted by molar-refractivity contribution is 5.65. The lowest BCUT2D eigenvalue weighted by atomic mass is 10.0. The summed E-state index contributed by atoms with van der Waals surface area (Å²) in [5, 5.41) is 19.2. The maximum absolute atomic E-state index is 14.3. The molecule has 3 aromatic carbocycles. The van der Waals surface area contributed by atoms with E-state index in [1.54, 1.807) is 30.3 Å². The van der Waals surface area contributed by atoms with Crippen LogP contribution in [0.5, 0.6) is 11.5 Å². The van der Waals surface area contributed by atoms with Gasteiger partial charge in [0, 0.05) is 11.1 Å². The van der Waals surface area contributed by atoms with Gasteiger partial charge in [0.25, 0.3) is 0 Å². The van der Waals surface area contributed by atoms with Crippen molar-refractivity contribution < 1.29 is 28.1 Å². The fourth-order valence-corrected chi connectivity index (χ4v) is 2.99. The Hall–Kier alpha value is -2.99. The first-order chi connectivity index (χ1) is 13.9. The average molecular weight is 402 g/mol. The number of aromatic hydroxyl groups is 1. The monoisotopic (exact) mass is 402 g/mol. The van der Waals surface area contributed by atoms with Crippen LogP contribution in [0.4, 0.5) is 13.2 Å². The van der Waals surface area contributed by atoms with Crippen LogP contribution in [0.15, 0.2) is 54.6 Å². The molecule has 0 aliphatic carbocycles. The Morgan fingerprint density at radius 1 is 0.897 bits per heavy atom. The number of rotatable bonds is 7. The molecule has 1 atom stereocenters. The molecular formula is C23H21F3O3. The van der Waals surface area contributed by atoms with Gasteiger partial charge in [0.15, 0.2) is 23.2 Å². The Balaban J connectivity index is 1.70. The average Bonchev–Trinajstić information content (AvgIpc) is 2.72. The summed E-state index contributed by atoms with van der Waals surface area (Å²) in [6, 6.07) is 13.5. The Bertz CT molecular complexity index is 987. The summed E-state index contributed by atoms with van der Waals surface area (Å²) < 4.78 is 47.5. The number of ether oxygens (including phenoxy) is 1. The molecule has 2 N–H and O–H groups in total. The largest absolute Gasteiger partial charge is 0.505 e. The first-order valence-electron chi connectivity index (χ1n) is 9.27. The van der Waals surface area contributed by atoms with E-state index in [0.29, 0.717) is 29.7 Å². The first-order valence-corrected chi connectivity index (χ1v) is 9.27. The summed E-state index contributed by atoms with van der Waals surface area (Å²) in [4.78, 5) is 0. The van der Waals surface area contributed by atoms with E-state index < -0.39 is 29.3 Å². The van der Waals surface area contributed by atoms with Gasteiger partial charge in [-0.2, -0.15) is 0 Å². The van der Waals surface area contributed by atoms with Gasteiger partial charge in [-0.15, -0.1) is 0 Å². The van der Waals surface area contributed by atoms with Crippen molar-refractivity contribution in [3.8, 4) is 22.6 Å². The van der Waals surface area contributed by atoms with Crippen molar-refractivity contribution in [3.63, 3.8) is 0 Å². The third kappa shape index (κ3) is 4.71. The highest BCUT2D eigenvalue weighted by atomic mass is 19.2. The fourth-order valence-electron chi connectivity index (χ4n) is 2.99. The van der Waals surface area contributed by atoms with E-state index in [0.717, 1.165) is 0 Å². The van der Waals surface area contributed by atoms with Crippen LogP contribution < -0.4 is 4.74 Å². The summed E-state index contributed by atoms with van der Waals surface area (Å²) in [6.45, 7) is 1.67. The number of phenols is 1. The molecule has 0 radical (unpaired) electrons. The van der Waals surface area contributed by atoms with E-state index >= 15 is 0 Å². The van der Waals surface area contributed by atoms with Gasteiger partial charge in [-0.1, -0.05) is 43.7 Å². The molecule has 0 spiro atoms. The lowest BCUT2D eigenvalue weighted by Crippen LogP contribution is -2.07. The van der Waals surface area contributed by atoms with Crippen molar-refractivity contribution in [3.05, 3.63) is 83.2 Å². The molecule has 0 amide bonds. The van der Waals surface area contributed by atoms with E-state index in [-0.39, 0.29) is 17.7 Å². The minimum Gasteiger partial charge on any atom is -0.505 e. The third-order valence-electron chi connectivity index (χ3n) is 4.64. The number of aliphatic hydroxyl groups is 1. The van der Waals surface area contributed by atoms with Crippen molar-refractivity contribution in [2.45, 2.75) is 32.5 Å². The zero-order valence-electron chi connectivity index (χ0n) is 15.8. The van der Waals surface area contributed by atoms with Gasteiger partial charge in [-0.25, -0.2) is 13.2 Å². The number of phenolic OH excluding ortho intramolecular Hbond substituents is 1. The van der Waals surface area contributed by atoms with Crippen LogP contribution in [0, 0.1) is 17.5 Å². The molecule has 3 rings (SSSR count). The van der Waals surface area contributed by atoms with Crippen molar-refractivity contribution in [2.75, 3.05) is 0 Å². The number of halogens is 3. The Morgan fingerprint density at radius 2 is 1.59 bits per heavy atom. The molecule has 0 saturated heterocycles. The Labute approximate surface area is 167 Å². The number of benzene rings is 3. The molecule has 0 aliphatic heterocycles. The molecule has 0 heterocycles. The predicted molar refractivity (Wildman–Crippen MR) is 104 cm³/mol. The lowest BCUT2D eigenvalue weighted by Gasteiger charge is -2.14. The van der Waals surface area contributed by atoms with Crippen LogP contribution in [-0.2, 0) is 6.61 Å². The third-order valence-corrected chi connectivity index (χ3v) is 4.64. The topological polar surface area (TPSA) is 49.7 Å². The van der Waals surface area contributed by atoms with Gasteiger partial charge < -0.3 is 14.9 Å². The van der Waals surface area contributed by atoms with Gasteiger partial charge >= 0.3 is 0 Å².